The molecule has 1 aliphatic carbocycles. The molecule has 1 heterocycles. The van der Waals surface area contributed by atoms with Crippen LogP contribution in [0.3, 0.4) is 0 Å². The first-order valence-corrected chi connectivity index (χ1v) is 10.9. The Hall–Kier alpha value is -2.73. The van der Waals surface area contributed by atoms with Crippen LogP contribution in [0.5, 0.6) is 0 Å². The molecule has 0 radical (unpaired) electrons. The van der Waals surface area contributed by atoms with E-state index in [-0.39, 0.29) is 11.2 Å². The normalized spacial score (nSPS) is 15.2. The van der Waals surface area contributed by atoms with E-state index in [1.807, 2.05) is 67.6 Å². The SMILES string of the molecule is C[C@H](Sc1nnc(-c2ccccc2)c(-c2ccccc2)n1)C(=O)NC1CCCC1. The Morgan fingerprint density at radius 3 is 2.14 bits per heavy atom. The molecule has 0 bridgehead atoms. The van der Waals surface area contributed by atoms with Crippen LogP contribution in [0.2, 0.25) is 0 Å². The molecule has 1 N–H and O–H groups in total. The lowest BCUT2D eigenvalue weighted by Gasteiger charge is -2.16. The first-order chi connectivity index (χ1) is 14.2. The molecule has 29 heavy (non-hydrogen) atoms. The van der Waals surface area contributed by atoms with Crippen LogP contribution in [0.15, 0.2) is 65.8 Å². The van der Waals surface area contributed by atoms with E-state index in [9.17, 15) is 4.79 Å². The maximum atomic E-state index is 12.5. The maximum absolute atomic E-state index is 12.5. The predicted octanol–water partition coefficient (Wildman–Crippen LogP) is 4.75. The lowest BCUT2D eigenvalue weighted by Crippen LogP contribution is -2.37. The average Bonchev–Trinajstić information content (AvgIpc) is 3.28. The smallest absolute Gasteiger partial charge is 0.233 e. The van der Waals surface area contributed by atoms with E-state index in [2.05, 4.69) is 15.5 Å². The second kappa shape index (κ2) is 9.18. The number of amides is 1. The second-order valence-electron chi connectivity index (χ2n) is 7.27. The number of nitrogens with zero attached hydrogens (tertiary/aromatic N) is 3. The molecule has 148 valence electrons. The van der Waals surface area contributed by atoms with E-state index in [1.165, 1.54) is 24.6 Å². The Morgan fingerprint density at radius 1 is 0.931 bits per heavy atom. The minimum absolute atomic E-state index is 0.0406. The van der Waals surface area contributed by atoms with Gasteiger partial charge in [0.15, 0.2) is 0 Å². The van der Waals surface area contributed by atoms with Crippen molar-refractivity contribution in [1.82, 2.24) is 20.5 Å². The third kappa shape index (κ3) is 4.82. The summed E-state index contributed by atoms with van der Waals surface area (Å²) in [6.07, 6.45) is 4.54. The first-order valence-electron chi connectivity index (χ1n) is 10.0. The monoisotopic (exact) mass is 404 g/mol. The van der Waals surface area contributed by atoms with Crippen LogP contribution in [-0.4, -0.2) is 32.4 Å². The number of hydrogen-bond acceptors (Lipinski definition) is 5. The fourth-order valence-corrected chi connectivity index (χ4v) is 4.27. The summed E-state index contributed by atoms with van der Waals surface area (Å²) >= 11 is 1.35. The molecule has 1 aliphatic rings. The number of rotatable bonds is 6. The summed E-state index contributed by atoms with van der Waals surface area (Å²) in [7, 11) is 0. The summed E-state index contributed by atoms with van der Waals surface area (Å²) in [6.45, 7) is 1.89. The molecule has 0 aliphatic heterocycles. The quantitative estimate of drug-likeness (QED) is 0.601. The summed E-state index contributed by atoms with van der Waals surface area (Å²) in [5.74, 6) is 0.0406. The van der Waals surface area contributed by atoms with Gasteiger partial charge in [-0.05, 0) is 19.8 Å². The van der Waals surface area contributed by atoms with Crippen LogP contribution in [0.25, 0.3) is 22.5 Å². The van der Waals surface area contributed by atoms with Gasteiger partial charge in [0.2, 0.25) is 11.1 Å². The van der Waals surface area contributed by atoms with E-state index in [1.54, 1.807) is 0 Å². The van der Waals surface area contributed by atoms with Gasteiger partial charge in [-0.1, -0.05) is 85.3 Å². The number of nitrogens with one attached hydrogen (secondary N) is 1. The number of carbonyl (C=O) groups excluding carboxylic acids is 1. The van der Waals surface area contributed by atoms with Crippen molar-refractivity contribution in [2.24, 2.45) is 0 Å². The zero-order valence-corrected chi connectivity index (χ0v) is 17.2. The number of hydrogen-bond donors (Lipinski definition) is 1. The Balaban J connectivity index is 1.59. The van der Waals surface area contributed by atoms with Crippen LogP contribution in [-0.2, 0) is 4.79 Å². The van der Waals surface area contributed by atoms with Gasteiger partial charge in [0.25, 0.3) is 0 Å². The fraction of sp³-hybridized carbons (Fsp3) is 0.304. The van der Waals surface area contributed by atoms with Crippen molar-refractivity contribution in [1.29, 1.82) is 0 Å². The largest absolute Gasteiger partial charge is 0.352 e. The highest BCUT2D eigenvalue weighted by atomic mass is 32.2. The van der Waals surface area contributed by atoms with Crippen molar-refractivity contribution in [3.8, 4) is 22.5 Å². The van der Waals surface area contributed by atoms with Crippen LogP contribution < -0.4 is 5.32 Å². The number of thioether (sulfide) groups is 1. The maximum Gasteiger partial charge on any atom is 0.233 e. The molecule has 6 heteroatoms. The Morgan fingerprint density at radius 2 is 1.52 bits per heavy atom. The van der Waals surface area contributed by atoms with Crippen molar-refractivity contribution < 1.29 is 4.79 Å². The molecule has 1 fully saturated rings. The zero-order chi connectivity index (χ0) is 20.1. The first kappa shape index (κ1) is 19.6. The molecule has 1 saturated carbocycles. The van der Waals surface area contributed by atoms with Crippen LogP contribution in [0.4, 0.5) is 0 Å². The Kier molecular flexibility index (Phi) is 6.20. The zero-order valence-electron chi connectivity index (χ0n) is 16.4. The van der Waals surface area contributed by atoms with Crippen molar-refractivity contribution in [3.05, 3.63) is 60.7 Å². The lowest BCUT2D eigenvalue weighted by molar-refractivity contribution is -0.120. The number of carbonyl (C=O) groups is 1. The molecule has 0 spiro atoms. The van der Waals surface area contributed by atoms with Crippen LogP contribution >= 0.6 is 11.8 Å². The van der Waals surface area contributed by atoms with Crippen molar-refractivity contribution in [3.63, 3.8) is 0 Å². The van der Waals surface area contributed by atoms with Gasteiger partial charge in [-0.2, -0.15) is 0 Å². The third-order valence-electron chi connectivity index (χ3n) is 5.11. The molecule has 5 nitrogen and oxygen atoms in total. The Labute approximate surface area is 175 Å². The molecule has 1 atom stereocenters. The topological polar surface area (TPSA) is 67.8 Å². The summed E-state index contributed by atoms with van der Waals surface area (Å²) in [6, 6.07) is 20.2. The molecule has 3 aromatic rings. The molecule has 1 aromatic heterocycles. The van der Waals surface area contributed by atoms with Gasteiger partial charge in [0.05, 0.1) is 5.25 Å². The Bertz CT molecular complexity index is 959. The number of benzene rings is 2. The highest BCUT2D eigenvalue weighted by Crippen LogP contribution is 2.30. The van der Waals surface area contributed by atoms with Crippen LogP contribution in [0.1, 0.15) is 32.6 Å². The molecule has 0 saturated heterocycles. The summed E-state index contributed by atoms with van der Waals surface area (Å²) in [5, 5.41) is 12.2. The van der Waals surface area contributed by atoms with Gasteiger partial charge in [0.1, 0.15) is 11.4 Å². The lowest BCUT2D eigenvalue weighted by atomic mass is 10.0. The molecular formula is C23H24N4OS. The van der Waals surface area contributed by atoms with Gasteiger partial charge in [0, 0.05) is 17.2 Å². The van der Waals surface area contributed by atoms with Gasteiger partial charge in [-0.25, -0.2) is 4.98 Å². The highest BCUT2D eigenvalue weighted by Gasteiger charge is 2.23. The number of aromatic nitrogens is 3. The minimum Gasteiger partial charge on any atom is -0.352 e. The van der Waals surface area contributed by atoms with Crippen molar-refractivity contribution >= 4 is 17.7 Å². The molecule has 0 unspecified atom stereocenters. The molecule has 1 amide bonds. The summed E-state index contributed by atoms with van der Waals surface area (Å²) < 4.78 is 0. The molecule has 4 rings (SSSR count). The van der Waals surface area contributed by atoms with Gasteiger partial charge in [-0.3, -0.25) is 4.79 Å². The predicted molar refractivity (Wildman–Crippen MR) is 116 cm³/mol. The van der Waals surface area contributed by atoms with Crippen LogP contribution in [0, 0.1) is 0 Å². The minimum atomic E-state index is -0.274. The highest BCUT2D eigenvalue weighted by molar-refractivity contribution is 8.00. The second-order valence-corrected chi connectivity index (χ2v) is 8.58. The van der Waals surface area contributed by atoms with Gasteiger partial charge in [-0.15, -0.1) is 10.2 Å². The van der Waals surface area contributed by atoms with Crippen molar-refractivity contribution in [2.45, 2.75) is 49.1 Å². The molecule has 2 aromatic carbocycles. The van der Waals surface area contributed by atoms with E-state index in [4.69, 9.17) is 4.98 Å². The third-order valence-corrected chi connectivity index (χ3v) is 6.07. The van der Waals surface area contributed by atoms with Crippen molar-refractivity contribution in [2.75, 3.05) is 0 Å². The fourth-order valence-electron chi connectivity index (χ4n) is 3.55. The van der Waals surface area contributed by atoms with E-state index in [0.29, 0.717) is 11.2 Å². The molecular weight excluding hydrogens is 380 g/mol. The van der Waals surface area contributed by atoms with E-state index in [0.717, 1.165) is 35.4 Å². The standard InChI is InChI=1S/C23H24N4OS/c1-16(22(28)24-19-14-8-9-15-19)29-23-25-20(17-10-4-2-5-11-17)21(26-27-23)18-12-6-3-7-13-18/h2-7,10-13,16,19H,8-9,14-15H2,1H3,(H,24,28)/t16-/m0/s1. The summed E-state index contributed by atoms with van der Waals surface area (Å²) in [4.78, 5) is 17.3. The van der Waals surface area contributed by atoms with Gasteiger partial charge >= 0.3 is 0 Å². The van der Waals surface area contributed by atoms with E-state index >= 15 is 0 Å². The average molecular weight is 405 g/mol. The van der Waals surface area contributed by atoms with Gasteiger partial charge < -0.3 is 5.32 Å². The summed E-state index contributed by atoms with van der Waals surface area (Å²) in [5.41, 5.74) is 3.46. The van der Waals surface area contributed by atoms with E-state index < -0.39 is 0 Å².